The second-order valence-electron chi connectivity index (χ2n) is 5.23. The molecule has 0 atom stereocenters. The molecule has 0 saturated carbocycles. The molecule has 0 spiro atoms. The summed E-state index contributed by atoms with van der Waals surface area (Å²) in [5.74, 6) is 0. The van der Waals surface area contributed by atoms with Gasteiger partial charge in [0.25, 0.3) is 0 Å². The molecule has 2 N–H and O–H groups in total. The average molecular weight is 254 g/mol. The molecule has 19 heavy (non-hydrogen) atoms. The highest BCUT2D eigenvalue weighted by Crippen LogP contribution is 2.28. The van der Waals surface area contributed by atoms with Crippen molar-refractivity contribution in [1.82, 2.24) is 0 Å². The quantitative estimate of drug-likeness (QED) is 0.901. The SMILES string of the molecule is Cc1cc(C)cc(N(C)c2ccc(CN)cc2C)c1. The lowest BCUT2D eigenvalue weighted by Gasteiger charge is -2.23. The van der Waals surface area contributed by atoms with E-state index < -0.39 is 0 Å². The number of anilines is 2. The number of hydrogen-bond donors (Lipinski definition) is 1. The number of hydrogen-bond acceptors (Lipinski definition) is 2. The average Bonchev–Trinajstić information content (AvgIpc) is 2.36. The van der Waals surface area contributed by atoms with E-state index in [1.54, 1.807) is 0 Å². The van der Waals surface area contributed by atoms with Crippen molar-refractivity contribution in [3.05, 3.63) is 58.7 Å². The first-order valence-corrected chi connectivity index (χ1v) is 6.63. The van der Waals surface area contributed by atoms with Crippen LogP contribution in [0.3, 0.4) is 0 Å². The Balaban J connectivity index is 2.40. The van der Waals surface area contributed by atoms with E-state index in [9.17, 15) is 0 Å². The van der Waals surface area contributed by atoms with Gasteiger partial charge in [-0.05, 0) is 61.2 Å². The van der Waals surface area contributed by atoms with Crippen LogP contribution in [0, 0.1) is 20.8 Å². The number of nitrogens with zero attached hydrogens (tertiary/aromatic N) is 1. The van der Waals surface area contributed by atoms with Crippen molar-refractivity contribution in [2.45, 2.75) is 27.3 Å². The summed E-state index contributed by atoms with van der Waals surface area (Å²) in [4.78, 5) is 2.23. The monoisotopic (exact) mass is 254 g/mol. The second-order valence-corrected chi connectivity index (χ2v) is 5.23. The number of benzene rings is 2. The van der Waals surface area contributed by atoms with E-state index in [0.29, 0.717) is 6.54 Å². The maximum absolute atomic E-state index is 5.68. The molecule has 2 aromatic carbocycles. The number of aryl methyl sites for hydroxylation is 3. The number of nitrogens with two attached hydrogens (primary N) is 1. The van der Waals surface area contributed by atoms with Gasteiger partial charge in [0.05, 0.1) is 0 Å². The number of rotatable bonds is 3. The van der Waals surface area contributed by atoms with Crippen LogP contribution >= 0.6 is 0 Å². The van der Waals surface area contributed by atoms with Crippen LogP contribution in [0.15, 0.2) is 36.4 Å². The zero-order valence-electron chi connectivity index (χ0n) is 12.2. The fraction of sp³-hybridized carbons (Fsp3) is 0.294. The summed E-state index contributed by atoms with van der Waals surface area (Å²) in [7, 11) is 2.11. The fourth-order valence-electron chi connectivity index (χ4n) is 2.50. The van der Waals surface area contributed by atoms with Gasteiger partial charge in [-0.25, -0.2) is 0 Å². The van der Waals surface area contributed by atoms with Gasteiger partial charge in [-0.2, -0.15) is 0 Å². The van der Waals surface area contributed by atoms with Crippen molar-refractivity contribution in [3.63, 3.8) is 0 Å². The Bertz CT molecular complexity index is 568. The Kier molecular flexibility index (Phi) is 3.91. The van der Waals surface area contributed by atoms with E-state index in [4.69, 9.17) is 5.73 Å². The third-order valence-electron chi connectivity index (χ3n) is 3.45. The van der Waals surface area contributed by atoms with Gasteiger partial charge < -0.3 is 10.6 Å². The molecular formula is C17H22N2. The van der Waals surface area contributed by atoms with Crippen molar-refractivity contribution < 1.29 is 0 Å². The first-order chi connectivity index (χ1) is 9.01. The maximum Gasteiger partial charge on any atom is 0.0438 e. The molecule has 0 aliphatic heterocycles. The van der Waals surface area contributed by atoms with Gasteiger partial charge in [-0.1, -0.05) is 18.2 Å². The minimum absolute atomic E-state index is 0.592. The van der Waals surface area contributed by atoms with Crippen molar-refractivity contribution in [1.29, 1.82) is 0 Å². The molecule has 2 heteroatoms. The van der Waals surface area contributed by atoms with Gasteiger partial charge in [-0.3, -0.25) is 0 Å². The molecule has 0 saturated heterocycles. The Morgan fingerprint density at radius 3 is 2.11 bits per heavy atom. The Morgan fingerprint density at radius 2 is 1.58 bits per heavy atom. The summed E-state index contributed by atoms with van der Waals surface area (Å²) >= 11 is 0. The van der Waals surface area contributed by atoms with Crippen LogP contribution in [0.1, 0.15) is 22.3 Å². The van der Waals surface area contributed by atoms with E-state index in [1.165, 1.54) is 33.6 Å². The molecular weight excluding hydrogens is 232 g/mol. The summed E-state index contributed by atoms with van der Waals surface area (Å²) in [6.07, 6.45) is 0. The van der Waals surface area contributed by atoms with E-state index >= 15 is 0 Å². The topological polar surface area (TPSA) is 29.3 Å². The Hall–Kier alpha value is -1.80. The summed E-state index contributed by atoms with van der Waals surface area (Å²) in [6, 6.07) is 13.0. The van der Waals surface area contributed by atoms with Crippen molar-refractivity contribution in [3.8, 4) is 0 Å². The molecule has 0 aliphatic rings. The van der Waals surface area contributed by atoms with Crippen LogP contribution < -0.4 is 10.6 Å². The zero-order valence-corrected chi connectivity index (χ0v) is 12.2. The highest BCUT2D eigenvalue weighted by atomic mass is 15.1. The first kappa shape index (κ1) is 13.6. The van der Waals surface area contributed by atoms with Crippen LogP contribution in [0.4, 0.5) is 11.4 Å². The van der Waals surface area contributed by atoms with Crippen LogP contribution in [0.25, 0.3) is 0 Å². The molecule has 2 nitrogen and oxygen atoms in total. The molecule has 0 fully saturated rings. The van der Waals surface area contributed by atoms with Gasteiger partial charge in [0.2, 0.25) is 0 Å². The molecule has 0 amide bonds. The molecule has 2 rings (SSSR count). The first-order valence-electron chi connectivity index (χ1n) is 6.63. The van der Waals surface area contributed by atoms with Crippen molar-refractivity contribution >= 4 is 11.4 Å². The smallest absolute Gasteiger partial charge is 0.0438 e. The Labute approximate surface area is 115 Å². The van der Waals surface area contributed by atoms with E-state index in [1.807, 2.05) is 0 Å². The van der Waals surface area contributed by atoms with Gasteiger partial charge in [-0.15, -0.1) is 0 Å². The lowest BCUT2D eigenvalue weighted by atomic mass is 10.1. The molecule has 0 unspecified atom stereocenters. The van der Waals surface area contributed by atoms with Crippen LogP contribution in [-0.4, -0.2) is 7.05 Å². The lowest BCUT2D eigenvalue weighted by molar-refractivity contribution is 1.06. The largest absolute Gasteiger partial charge is 0.344 e. The summed E-state index contributed by atoms with van der Waals surface area (Å²) < 4.78 is 0. The third-order valence-corrected chi connectivity index (χ3v) is 3.45. The predicted octanol–water partition coefficient (Wildman–Crippen LogP) is 3.84. The molecule has 0 aromatic heterocycles. The highest BCUT2D eigenvalue weighted by Gasteiger charge is 2.08. The Morgan fingerprint density at radius 1 is 0.947 bits per heavy atom. The van der Waals surface area contributed by atoms with Crippen molar-refractivity contribution in [2.75, 3.05) is 11.9 Å². The van der Waals surface area contributed by atoms with Gasteiger partial charge in [0.1, 0.15) is 0 Å². The predicted molar refractivity (Wildman–Crippen MR) is 83.0 cm³/mol. The maximum atomic E-state index is 5.68. The van der Waals surface area contributed by atoms with Gasteiger partial charge in [0, 0.05) is 25.0 Å². The van der Waals surface area contributed by atoms with Gasteiger partial charge in [0.15, 0.2) is 0 Å². The normalized spacial score (nSPS) is 10.6. The summed E-state index contributed by atoms with van der Waals surface area (Å²) in [5.41, 5.74) is 13.1. The minimum Gasteiger partial charge on any atom is -0.344 e. The van der Waals surface area contributed by atoms with Crippen molar-refractivity contribution in [2.24, 2.45) is 5.73 Å². The molecule has 2 aromatic rings. The zero-order chi connectivity index (χ0) is 14.0. The third kappa shape index (κ3) is 2.96. The molecule has 0 radical (unpaired) electrons. The van der Waals surface area contributed by atoms with Crippen LogP contribution in [0.2, 0.25) is 0 Å². The molecule has 0 aliphatic carbocycles. The molecule has 0 bridgehead atoms. The summed E-state index contributed by atoms with van der Waals surface area (Å²) in [5, 5.41) is 0. The lowest BCUT2D eigenvalue weighted by Crippen LogP contribution is -2.11. The molecule has 100 valence electrons. The molecule has 0 heterocycles. The summed E-state index contributed by atoms with van der Waals surface area (Å²) in [6.45, 7) is 6.99. The van der Waals surface area contributed by atoms with E-state index in [2.05, 4.69) is 69.1 Å². The van der Waals surface area contributed by atoms with E-state index in [0.717, 1.165) is 0 Å². The van der Waals surface area contributed by atoms with Gasteiger partial charge >= 0.3 is 0 Å². The van der Waals surface area contributed by atoms with Crippen LogP contribution in [-0.2, 0) is 6.54 Å². The van der Waals surface area contributed by atoms with E-state index in [-0.39, 0.29) is 0 Å². The standard InChI is InChI=1S/C17H22N2/c1-12-7-13(2)9-16(8-12)19(4)17-6-5-15(11-18)10-14(17)3/h5-10H,11,18H2,1-4H3. The fourth-order valence-corrected chi connectivity index (χ4v) is 2.50. The second kappa shape index (κ2) is 5.45. The minimum atomic E-state index is 0.592. The van der Waals surface area contributed by atoms with Crippen LogP contribution in [0.5, 0.6) is 0 Å². The highest BCUT2D eigenvalue weighted by molar-refractivity contribution is 5.67.